The Morgan fingerprint density at radius 3 is 2.68 bits per heavy atom. The van der Waals surface area contributed by atoms with Crippen LogP contribution in [0.5, 0.6) is 0 Å². The summed E-state index contributed by atoms with van der Waals surface area (Å²) < 4.78 is 33.1. The molecule has 1 aliphatic rings. The molecule has 2 aromatic heterocycles. The largest absolute Gasteiger partial charge is 0.440 e. The standard InChI is InChI=1S/C21H24N4O4S2/c1-15-18(23-21(29-15)19-7-4-12-30-19)14-20(26)22-16-5-3-6-17(13-16)31(27,28)25-10-8-24(2)9-11-25/h3-7,12-13H,8-11,14H2,1-2H3,(H,22,26). The van der Waals surface area contributed by atoms with E-state index in [0.717, 1.165) is 4.88 Å². The quantitative estimate of drug-likeness (QED) is 0.608. The number of amides is 1. The Morgan fingerprint density at radius 2 is 1.97 bits per heavy atom. The zero-order chi connectivity index (χ0) is 22.0. The van der Waals surface area contributed by atoms with Gasteiger partial charge in [-0.05, 0) is 43.6 Å². The molecule has 0 radical (unpaired) electrons. The molecule has 1 fully saturated rings. The first kappa shape index (κ1) is 21.7. The smallest absolute Gasteiger partial charge is 0.243 e. The second-order valence-corrected chi connectivity index (χ2v) is 10.3. The van der Waals surface area contributed by atoms with E-state index in [-0.39, 0.29) is 17.2 Å². The predicted molar refractivity (Wildman–Crippen MR) is 120 cm³/mol. The van der Waals surface area contributed by atoms with Crippen LogP contribution in [0.3, 0.4) is 0 Å². The van der Waals surface area contributed by atoms with Gasteiger partial charge in [0.05, 0.1) is 21.9 Å². The van der Waals surface area contributed by atoms with Crippen molar-refractivity contribution in [2.75, 3.05) is 38.5 Å². The summed E-state index contributed by atoms with van der Waals surface area (Å²) >= 11 is 1.51. The zero-order valence-electron chi connectivity index (χ0n) is 17.4. The highest BCUT2D eigenvalue weighted by molar-refractivity contribution is 7.89. The molecule has 3 heterocycles. The number of hydrogen-bond acceptors (Lipinski definition) is 7. The van der Waals surface area contributed by atoms with Crippen LogP contribution in [0.2, 0.25) is 0 Å². The molecule has 0 bridgehead atoms. The average Bonchev–Trinajstić information content (AvgIpc) is 3.39. The fourth-order valence-corrected chi connectivity index (χ4v) is 5.48. The van der Waals surface area contributed by atoms with Gasteiger partial charge in [0.2, 0.25) is 21.8 Å². The number of rotatable bonds is 6. The number of aromatic nitrogens is 1. The molecule has 0 unspecified atom stereocenters. The number of nitrogens with zero attached hydrogens (tertiary/aromatic N) is 3. The first-order chi connectivity index (χ1) is 14.8. The molecule has 0 saturated carbocycles. The topological polar surface area (TPSA) is 95.8 Å². The van der Waals surface area contributed by atoms with Crippen molar-refractivity contribution in [1.82, 2.24) is 14.2 Å². The molecule has 1 aliphatic heterocycles. The summed E-state index contributed by atoms with van der Waals surface area (Å²) in [5.41, 5.74) is 0.988. The Kier molecular flexibility index (Phi) is 6.24. The SMILES string of the molecule is Cc1oc(-c2cccs2)nc1CC(=O)Nc1cccc(S(=O)(=O)N2CCN(C)CC2)c1. The molecule has 0 spiro atoms. The molecule has 3 aromatic rings. The molecule has 0 aliphatic carbocycles. The normalized spacial score (nSPS) is 15.8. The van der Waals surface area contributed by atoms with Crippen molar-refractivity contribution < 1.29 is 17.6 Å². The first-order valence-electron chi connectivity index (χ1n) is 9.92. The lowest BCUT2D eigenvalue weighted by Crippen LogP contribution is -2.47. The molecule has 164 valence electrons. The van der Waals surface area contributed by atoms with Gasteiger partial charge in [-0.15, -0.1) is 11.3 Å². The average molecular weight is 461 g/mol. The highest BCUT2D eigenvalue weighted by Gasteiger charge is 2.27. The van der Waals surface area contributed by atoms with Crippen LogP contribution in [0.15, 0.2) is 51.1 Å². The van der Waals surface area contributed by atoms with Crippen molar-refractivity contribution >= 4 is 33.0 Å². The van der Waals surface area contributed by atoms with Crippen LogP contribution in [-0.4, -0.2) is 61.7 Å². The number of hydrogen-bond donors (Lipinski definition) is 1. The highest BCUT2D eigenvalue weighted by Crippen LogP contribution is 2.26. The number of anilines is 1. The second kappa shape index (κ2) is 8.91. The number of sulfonamides is 1. The number of benzene rings is 1. The molecule has 1 N–H and O–H groups in total. The van der Waals surface area contributed by atoms with Gasteiger partial charge in [-0.25, -0.2) is 13.4 Å². The molecule has 8 nitrogen and oxygen atoms in total. The summed E-state index contributed by atoms with van der Waals surface area (Å²) in [7, 11) is -1.63. The van der Waals surface area contributed by atoms with Crippen molar-refractivity contribution in [3.8, 4) is 10.8 Å². The van der Waals surface area contributed by atoms with Crippen molar-refractivity contribution in [2.45, 2.75) is 18.2 Å². The summed E-state index contributed by atoms with van der Waals surface area (Å²) in [6, 6.07) is 10.2. The van der Waals surface area contributed by atoms with Gasteiger partial charge >= 0.3 is 0 Å². The van der Waals surface area contributed by atoms with E-state index in [1.54, 1.807) is 25.1 Å². The van der Waals surface area contributed by atoms with E-state index < -0.39 is 10.0 Å². The molecular weight excluding hydrogens is 436 g/mol. The van der Waals surface area contributed by atoms with Gasteiger partial charge in [-0.2, -0.15) is 4.31 Å². The van der Waals surface area contributed by atoms with Crippen molar-refractivity contribution in [2.24, 2.45) is 0 Å². The second-order valence-electron chi connectivity index (χ2n) is 7.46. The van der Waals surface area contributed by atoms with E-state index in [0.29, 0.717) is 49.2 Å². The maximum atomic E-state index is 13.0. The zero-order valence-corrected chi connectivity index (χ0v) is 19.0. The van der Waals surface area contributed by atoms with Gasteiger partial charge in [-0.3, -0.25) is 4.79 Å². The van der Waals surface area contributed by atoms with Gasteiger partial charge in [0.15, 0.2) is 0 Å². The molecule has 1 aromatic carbocycles. The fraction of sp³-hybridized carbons (Fsp3) is 0.333. The van der Waals surface area contributed by atoms with Gasteiger partial charge in [0, 0.05) is 31.9 Å². The number of likely N-dealkylation sites (N-methyl/N-ethyl adjacent to an activating group) is 1. The highest BCUT2D eigenvalue weighted by atomic mass is 32.2. The lowest BCUT2D eigenvalue weighted by atomic mass is 10.2. The van der Waals surface area contributed by atoms with Gasteiger partial charge in [-0.1, -0.05) is 12.1 Å². The van der Waals surface area contributed by atoms with Crippen LogP contribution < -0.4 is 5.32 Å². The number of nitrogens with one attached hydrogen (secondary N) is 1. The number of thiophene rings is 1. The van der Waals surface area contributed by atoms with E-state index in [1.807, 2.05) is 24.6 Å². The van der Waals surface area contributed by atoms with Crippen molar-refractivity contribution in [3.05, 3.63) is 53.2 Å². The lowest BCUT2D eigenvalue weighted by molar-refractivity contribution is -0.115. The van der Waals surface area contributed by atoms with Gasteiger partial charge < -0.3 is 14.6 Å². The van der Waals surface area contributed by atoms with Crippen LogP contribution in [0.4, 0.5) is 5.69 Å². The minimum absolute atomic E-state index is 0.0378. The number of aryl methyl sites for hydroxylation is 1. The Bertz CT molecular complexity index is 1160. The van der Waals surface area contributed by atoms with Gasteiger partial charge in [0.25, 0.3) is 0 Å². The third kappa shape index (κ3) is 4.87. The van der Waals surface area contributed by atoms with E-state index in [1.165, 1.54) is 21.7 Å². The predicted octanol–water partition coefficient (Wildman–Crippen LogP) is 2.83. The monoisotopic (exact) mass is 460 g/mol. The van der Waals surface area contributed by atoms with E-state index in [4.69, 9.17) is 4.42 Å². The van der Waals surface area contributed by atoms with Gasteiger partial charge in [0.1, 0.15) is 5.76 Å². The van der Waals surface area contributed by atoms with Crippen LogP contribution in [0, 0.1) is 6.92 Å². The first-order valence-corrected chi connectivity index (χ1v) is 12.2. The fourth-order valence-electron chi connectivity index (χ4n) is 3.37. The minimum Gasteiger partial charge on any atom is -0.440 e. The number of oxazole rings is 1. The van der Waals surface area contributed by atoms with Crippen molar-refractivity contribution in [1.29, 1.82) is 0 Å². The van der Waals surface area contributed by atoms with Crippen molar-refractivity contribution in [3.63, 3.8) is 0 Å². The Morgan fingerprint density at radius 1 is 1.19 bits per heavy atom. The Balaban J connectivity index is 1.45. The Labute approximate surface area is 185 Å². The summed E-state index contributed by atoms with van der Waals surface area (Å²) in [6.07, 6.45) is 0.0378. The van der Waals surface area contributed by atoms with Crippen LogP contribution >= 0.6 is 11.3 Å². The number of piperazine rings is 1. The molecule has 0 atom stereocenters. The third-order valence-corrected chi connectivity index (χ3v) is 7.92. The number of carbonyl (C=O) groups excluding carboxylic acids is 1. The Hall–Kier alpha value is -2.53. The summed E-state index contributed by atoms with van der Waals surface area (Å²) in [5.74, 6) is 0.795. The molecule has 1 amide bonds. The van der Waals surface area contributed by atoms with Crippen LogP contribution in [0.25, 0.3) is 10.8 Å². The van der Waals surface area contributed by atoms with Crippen LogP contribution in [0.1, 0.15) is 11.5 Å². The maximum absolute atomic E-state index is 13.0. The molecular formula is C21H24N4O4S2. The minimum atomic E-state index is -3.60. The summed E-state index contributed by atoms with van der Waals surface area (Å²) in [6.45, 7) is 4.07. The number of carbonyl (C=O) groups is 1. The summed E-state index contributed by atoms with van der Waals surface area (Å²) in [5, 5.41) is 4.71. The molecule has 10 heteroatoms. The van der Waals surface area contributed by atoms with E-state index in [9.17, 15) is 13.2 Å². The molecule has 31 heavy (non-hydrogen) atoms. The van der Waals surface area contributed by atoms with E-state index in [2.05, 4.69) is 15.2 Å². The molecule has 4 rings (SSSR count). The third-order valence-electron chi connectivity index (χ3n) is 5.17. The van der Waals surface area contributed by atoms with Crippen LogP contribution in [-0.2, 0) is 21.2 Å². The summed E-state index contributed by atoms with van der Waals surface area (Å²) in [4.78, 5) is 20.2. The maximum Gasteiger partial charge on any atom is 0.243 e. The van der Waals surface area contributed by atoms with E-state index >= 15 is 0 Å². The lowest BCUT2D eigenvalue weighted by Gasteiger charge is -2.31. The molecule has 1 saturated heterocycles.